The number of aryl methyl sites for hydroxylation is 1. The molecule has 5 heteroatoms. The second-order valence-corrected chi connectivity index (χ2v) is 4.28. The molecule has 1 rings (SSSR count). The van der Waals surface area contributed by atoms with Crippen LogP contribution in [-0.4, -0.2) is 28.9 Å². The standard InChI is InChI=1S/C9H15N3OS/c1-6(10)9(13)12(3)4-8-7(2)11-5-14-8/h5-6H,4,10H2,1-3H3/t6-/m0/s1. The van der Waals surface area contributed by atoms with E-state index in [1.54, 1.807) is 35.7 Å². The fourth-order valence-corrected chi connectivity index (χ4v) is 1.95. The molecule has 1 amide bonds. The number of nitrogens with two attached hydrogens (primary N) is 1. The number of carbonyl (C=O) groups is 1. The molecule has 2 N–H and O–H groups in total. The Balaban J connectivity index is 2.62. The van der Waals surface area contributed by atoms with Gasteiger partial charge < -0.3 is 10.6 Å². The van der Waals surface area contributed by atoms with Crippen LogP contribution in [0.5, 0.6) is 0 Å². The summed E-state index contributed by atoms with van der Waals surface area (Å²) in [5.74, 6) is -0.0437. The van der Waals surface area contributed by atoms with Crippen molar-refractivity contribution >= 4 is 17.2 Å². The van der Waals surface area contributed by atoms with Crippen molar-refractivity contribution in [2.24, 2.45) is 5.73 Å². The number of hydrogen-bond donors (Lipinski definition) is 1. The molecule has 0 saturated carbocycles. The molecule has 1 aromatic rings. The minimum absolute atomic E-state index is 0.0437. The zero-order valence-corrected chi connectivity index (χ0v) is 9.47. The minimum Gasteiger partial charge on any atom is -0.339 e. The molecular weight excluding hydrogens is 198 g/mol. The van der Waals surface area contributed by atoms with Crippen molar-refractivity contribution < 1.29 is 4.79 Å². The van der Waals surface area contributed by atoms with Crippen molar-refractivity contribution in [3.63, 3.8) is 0 Å². The second kappa shape index (κ2) is 4.52. The predicted octanol–water partition coefficient (Wildman–Crippen LogP) is 0.757. The first-order chi connectivity index (χ1) is 6.52. The molecular formula is C9H15N3OS. The number of nitrogens with zero attached hydrogens (tertiary/aromatic N) is 2. The van der Waals surface area contributed by atoms with Crippen LogP contribution in [0.3, 0.4) is 0 Å². The lowest BCUT2D eigenvalue weighted by Crippen LogP contribution is -2.39. The Bertz CT molecular complexity index is 322. The van der Waals surface area contributed by atoms with Gasteiger partial charge in [-0.3, -0.25) is 4.79 Å². The molecule has 78 valence electrons. The Morgan fingerprint density at radius 2 is 2.43 bits per heavy atom. The van der Waals surface area contributed by atoms with E-state index in [2.05, 4.69) is 4.98 Å². The van der Waals surface area contributed by atoms with Crippen molar-refractivity contribution in [1.82, 2.24) is 9.88 Å². The number of likely N-dealkylation sites (N-methyl/N-ethyl adjacent to an activating group) is 1. The Morgan fingerprint density at radius 1 is 1.79 bits per heavy atom. The molecule has 0 aromatic carbocycles. The molecule has 1 heterocycles. The van der Waals surface area contributed by atoms with Crippen LogP contribution in [0.4, 0.5) is 0 Å². The van der Waals surface area contributed by atoms with Gasteiger partial charge in [-0.1, -0.05) is 0 Å². The van der Waals surface area contributed by atoms with Crippen LogP contribution in [0.15, 0.2) is 5.51 Å². The van der Waals surface area contributed by atoms with E-state index in [0.29, 0.717) is 6.54 Å². The third-order valence-corrected chi connectivity index (χ3v) is 2.91. The summed E-state index contributed by atoms with van der Waals surface area (Å²) in [6, 6.07) is -0.437. The minimum atomic E-state index is -0.437. The number of rotatable bonds is 3. The zero-order valence-electron chi connectivity index (χ0n) is 8.65. The first-order valence-corrected chi connectivity index (χ1v) is 5.30. The summed E-state index contributed by atoms with van der Waals surface area (Å²) in [5, 5.41) is 0. The van der Waals surface area contributed by atoms with Gasteiger partial charge in [0.15, 0.2) is 0 Å². The van der Waals surface area contributed by atoms with Gasteiger partial charge in [0.1, 0.15) is 0 Å². The van der Waals surface area contributed by atoms with Crippen LogP contribution >= 0.6 is 11.3 Å². The van der Waals surface area contributed by atoms with E-state index < -0.39 is 6.04 Å². The lowest BCUT2D eigenvalue weighted by molar-refractivity contribution is -0.131. The molecule has 0 saturated heterocycles. The number of thiazole rings is 1. The Labute approximate surface area is 87.7 Å². The summed E-state index contributed by atoms with van der Waals surface area (Å²) in [5.41, 5.74) is 8.27. The van der Waals surface area contributed by atoms with Gasteiger partial charge in [-0.2, -0.15) is 0 Å². The van der Waals surface area contributed by atoms with Gasteiger partial charge >= 0.3 is 0 Å². The van der Waals surface area contributed by atoms with E-state index in [4.69, 9.17) is 5.73 Å². The molecule has 0 radical (unpaired) electrons. The lowest BCUT2D eigenvalue weighted by Gasteiger charge is -2.18. The van der Waals surface area contributed by atoms with Gasteiger partial charge in [-0.05, 0) is 13.8 Å². The monoisotopic (exact) mass is 213 g/mol. The predicted molar refractivity (Wildman–Crippen MR) is 57.0 cm³/mol. The van der Waals surface area contributed by atoms with E-state index in [1.165, 1.54) is 0 Å². The smallest absolute Gasteiger partial charge is 0.239 e. The summed E-state index contributed by atoms with van der Waals surface area (Å²) in [6.07, 6.45) is 0. The largest absolute Gasteiger partial charge is 0.339 e. The fourth-order valence-electron chi connectivity index (χ4n) is 1.12. The number of amides is 1. The van der Waals surface area contributed by atoms with Gasteiger partial charge in [0.2, 0.25) is 5.91 Å². The number of carbonyl (C=O) groups excluding carboxylic acids is 1. The fraction of sp³-hybridized carbons (Fsp3) is 0.556. The van der Waals surface area contributed by atoms with Crippen molar-refractivity contribution in [1.29, 1.82) is 0 Å². The molecule has 1 atom stereocenters. The lowest BCUT2D eigenvalue weighted by atomic mass is 10.3. The van der Waals surface area contributed by atoms with Crippen molar-refractivity contribution in [2.45, 2.75) is 26.4 Å². The molecule has 0 aliphatic carbocycles. The molecule has 0 spiro atoms. The SMILES string of the molecule is Cc1ncsc1CN(C)C(=O)[C@H](C)N. The highest BCUT2D eigenvalue weighted by molar-refractivity contribution is 7.09. The molecule has 0 aliphatic heterocycles. The van der Waals surface area contributed by atoms with Crippen LogP contribution in [0.25, 0.3) is 0 Å². The van der Waals surface area contributed by atoms with Crippen LogP contribution in [-0.2, 0) is 11.3 Å². The summed E-state index contributed by atoms with van der Waals surface area (Å²) in [4.78, 5) is 18.3. The zero-order chi connectivity index (χ0) is 10.7. The van der Waals surface area contributed by atoms with Gasteiger partial charge in [0, 0.05) is 11.9 Å². The van der Waals surface area contributed by atoms with Crippen LogP contribution in [0.1, 0.15) is 17.5 Å². The van der Waals surface area contributed by atoms with E-state index in [9.17, 15) is 4.79 Å². The highest BCUT2D eigenvalue weighted by atomic mass is 32.1. The van der Waals surface area contributed by atoms with Crippen molar-refractivity contribution in [3.05, 3.63) is 16.1 Å². The third kappa shape index (κ3) is 2.52. The maximum atomic E-state index is 11.5. The summed E-state index contributed by atoms with van der Waals surface area (Å²) in [7, 11) is 1.75. The van der Waals surface area contributed by atoms with Crippen LogP contribution in [0, 0.1) is 6.92 Å². The molecule has 0 fully saturated rings. The second-order valence-electron chi connectivity index (χ2n) is 3.34. The van der Waals surface area contributed by atoms with Gasteiger partial charge in [0.25, 0.3) is 0 Å². The molecule has 0 unspecified atom stereocenters. The van der Waals surface area contributed by atoms with Gasteiger partial charge in [0.05, 0.1) is 23.8 Å². The molecule has 4 nitrogen and oxygen atoms in total. The molecule has 0 aliphatic rings. The van der Waals surface area contributed by atoms with Crippen LogP contribution < -0.4 is 5.73 Å². The molecule has 0 bridgehead atoms. The van der Waals surface area contributed by atoms with E-state index in [0.717, 1.165) is 10.6 Å². The maximum Gasteiger partial charge on any atom is 0.239 e. The Hall–Kier alpha value is -0.940. The first-order valence-electron chi connectivity index (χ1n) is 4.42. The van der Waals surface area contributed by atoms with Crippen molar-refractivity contribution in [2.75, 3.05) is 7.05 Å². The summed E-state index contributed by atoms with van der Waals surface area (Å²) < 4.78 is 0. The average molecular weight is 213 g/mol. The molecule has 1 aromatic heterocycles. The van der Waals surface area contributed by atoms with E-state index in [-0.39, 0.29) is 5.91 Å². The number of hydrogen-bond acceptors (Lipinski definition) is 4. The van der Waals surface area contributed by atoms with Gasteiger partial charge in [-0.15, -0.1) is 11.3 Å². The molecule has 14 heavy (non-hydrogen) atoms. The van der Waals surface area contributed by atoms with Crippen molar-refractivity contribution in [3.8, 4) is 0 Å². The highest BCUT2D eigenvalue weighted by Gasteiger charge is 2.14. The summed E-state index contributed by atoms with van der Waals surface area (Å²) >= 11 is 1.56. The quantitative estimate of drug-likeness (QED) is 0.806. The Kier molecular flexibility index (Phi) is 3.60. The van der Waals surface area contributed by atoms with E-state index >= 15 is 0 Å². The summed E-state index contributed by atoms with van der Waals surface area (Å²) in [6.45, 7) is 4.23. The maximum absolute atomic E-state index is 11.5. The Morgan fingerprint density at radius 3 is 2.86 bits per heavy atom. The topological polar surface area (TPSA) is 59.2 Å². The third-order valence-electron chi connectivity index (χ3n) is 1.99. The van der Waals surface area contributed by atoms with Gasteiger partial charge in [-0.25, -0.2) is 4.98 Å². The average Bonchev–Trinajstić information content (AvgIpc) is 2.50. The van der Waals surface area contributed by atoms with E-state index in [1.807, 2.05) is 6.92 Å². The highest BCUT2D eigenvalue weighted by Crippen LogP contribution is 2.14. The van der Waals surface area contributed by atoms with Crippen LogP contribution in [0.2, 0.25) is 0 Å². The first kappa shape index (κ1) is 11.1. The normalized spacial score (nSPS) is 12.6. The number of aromatic nitrogens is 1.